The maximum absolute atomic E-state index is 5.41. The SMILES string of the molecule is Cc1ccc(Cn2cc(-c3noc(C4CCCC4)n3)nn2)cc1. The molecule has 1 aliphatic rings. The standard InChI is InChI=1S/C17H19N5O/c1-12-6-8-13(9-7-12)10-22-11-15(19-21-22)16-18-17(23-20-16)14-4-2-3-5-14/h6-9,11,14H,2-5,10H2,1H3. The quantitative estimate of drug-likeness (QED) is 0.739. The monoisotopic (exact) mass is 309 g/mol. The van der Waals surface area contributed by atoms with Crippen LogP contribution in [0.5, 0.6) is 0 Å². The maximum Gasteiger partial charge on any atom is 0.230 e. The Morgan fingerprint density at radius 1 is 1.17 bits per heavy atom. The van der Waals surface area contributed by atoms with Gasteiger partial charge in [0.15, 0.2) is 5.69 Å². The zero-order chi connectivity index (χ0) is 15.6. The topological polar surface area (TPSA) is 69.6 Å². The summed E-state index contributed by atoms with van der Waals surface area (Å²) in [6.07, 6.45) is 6.64. The molecule has 0 bridgehead atoms. The zero-order valence-corrected chi connectivity index (χ0v) is 13.1. The number of aryl methyl sites for hydroxylation is 1. The largest absolute Gasteiger partial charge is 0.339 e. The van der Waals surface area contributed by atoms with Crippen LogP contribution >= 0.6 is 0 Å². The second-order valence-electron chi connectivity index (χ2n) is 6.22. The van der Waals surface area contributed by atoms with Gasteiger partial charge in [0.2, 0.25) is 11.7 Å². The summed E-state index contributed by atoms with van der Waals surface area (Å²) in [5, 5.41) is 12.4. The molecular formula is C17H19N5O. The lowest BCUT2D eigenvalue weighted by molar-refractivity contribution is 0.354. The van der Waals surface area contributed by atoms with Crippen molar-refractivity contribution in [3.8, 4) is 11.5 Å². The fourth-order valence-corrected chi connectivity index (χ4v) is 3.04. The number of benzene rings is 1. The number of hydrogen-bond donors (Lipinski definition) is 0. The van der Waals surface area contributed by atoms with Crippen LogP contribution in [0.3, 0.4) is 0 Å². The molecular weight excluding hydrogens is 290 g/mol. The Morgan fingerprint density at radius 3 is 2.74 bits per heavy atom. The van der Waals surface area contributed by atoms with Crippen molar-refractivity contribution in [2.24, 2.45) is 0 Å². The van der Waals surface area contributed by atoms with Crippen molar-refractivity contribution in [3.05, 3.63) is 47.5 Å². The average molecular weight is 309 g/mol. The molecule has 6 heteroatoms. The molecule has 6 nitrogen and oxygen atoms in total. The van der Waals surface area contributed by atoms with Crippen molar-refractivity contribution in [3.63, 3.8) is 0 Å². The highest BCUT2D eigenvalue weighted by molar-refractivity contribution is 5.45. The molecule has 0 unspecified atom stereocenters. The Morgan fingerprint density at radius 2 is 1.96 bits per heavy atom. The van der Waals surface area contributed by atoms with Gasteiger partial charge < -0.3 is 4.52 Å². The molecule has 1 saturated carbocycles. The van der Waals surface area contributed by atoms with Crippen molar-refractivity contribution < 1.29 is 4.52 Å². The van der Waals surface area contributed by atoms with E-state index in [1.54, 1.807) is 4.68 Å². The molecule has 4 rings (SSSR count). The molecule has 1 aliphatic carbocycles. The predicted molar refractivity (Wildman–Crippen MR) is 84.8 cm³/mol. The van der Waals surface area contributed by atoms with Gasteiger partial charge in [-0.3, -0.25) is 0 Å². The van der Waals surface area contributed by atoms with Crippen molar-refractivity contribution >= 4 is 0 Å². The Hall–Kier alpha value is -2.50. The highest BCUT2D eigenvalue weighted by atomic mass is 16.5. The van der Waals surface area contributed by atoms with Crippen LogP contribution in [-0.2, 0) is 6.54 Å². The molecule has 0 aliphatic heterocycles. The maximum atomic E-state index is 5.41. The Labute approximate surface area is 134 Å². The Bertz CT molecular complexity index is 783. The average Bonchev–Trinajstić information content (AvgIpc) is 3.30. The van der Waals surface area contributed by atoms with E-state index >= 15 is 0 Å². The fourth-order valence-electron chi connectivity index (χ4n) is 3.04. The van der Waals surface area contributed by atoms with Crippen LogP contribution in [0.25, 0.3) is 11.5 Å². The van der Waals surface area contributed by atoms with Crippen LogP contribution in [0.15, 0.2) is 35.0 Å². The zero-order valence-electron chi connectivity index (χ0n) is 13.1. The predicted octanol–water partition coefficient (Wildman–Crippen LogP) is 3.34. The van der Waals surface area contributed by atoms with E-state index in [-0.39, 0.29) is 0 Å². The molecule has 0 saturated heterocycles. The summed E-state index contributed by atoms with van der Waals surface area (Å²) in [5.74, 6) is 1.69. The smallest absolute Gasteiger partial charge is 0.230 e. The Kier molecular flexibility index (Phi) is 3.65. The molecule has 23 heavy (non-hydrogen) atoms. The number of hydrogen-bond acceptors (Lipinski definition) is 5. The molecule has 0 atom stereocenters. The third kappa shape index (κ3) is 3.02. The molecule has 0 amide bonds. The lowest BCUT2D eigenvalue weighted by atomic mass is 10.1. The molecule has 0 N–H and O–H groups in total. The summed E-state index contributed by atoms with van der Waals surface area (Å²) in [7, 11) is 0. The number of nitrogens with zero attached hydrogens (tertiary/aromatic N) is 5. The molecule has 2 aromatic heterocycles. The highest BCUT2D eigenvalue weighted by Gasteiger charge is 2.23. The van der Waals surface area contributed by atoms with Gasteiger partial charge in [-0.2, -0.15) is 4.98 Å². The first-order chi connectivity index (χ1) is 11.3. The first-order valence-electron chi connectivity index (χ1n) is 8.07. The van der Waals surface area contributed by atoms with E-state index < -0.39 is 0 Å². The molecule has 0 radical (unpaired) electrons. The van der Waals surface area contributed by atoms with Crippen LogP contribution in [0.2, 0.25) is 0 Å². The minimum Gasteiger partial charge on any atom is -0.339 e. The minimum absolute atomic E-state index is 0.416. The lowest BCUT2D eigenvalue weighted by Gasteiger charge is -2.00. The van der Waals surface area contributed by atoms with Gasteiger partial charge in [0.25, 0.3) is 0 Å². The van der Waals surface area contributed by atoms with Crippen LogP contribution in [0.4, 0.5) is 0 Å². The van der Waals surface area contributed by atoms with E-state index in [1.807, 2.05) is 6.20 Å². The van der Waals surface area contributed by atoms with E-state index in [0.29, 0.717) is 24.0 Å². The summed E-state index contributed by atoms with van der Waals surface area (Å²) in [6.45, 7) is 2.76. The van der Waals surface area contributed by atoms with Crippen molar-refractivity contribution in [2.75, 3.05) is 0 Å². The van der Waals surface area contributed by atoms with Crippen LogP contribution < -0.4 is 0 Å². The third-order valence-electron chi connectivity index (χ3n) is 4.38. The van der Waals surface area contributed by atoms with E-state index in [4.69, 9.17) is 4.52 Å². The fraction of sp³-hybridized carbons (Fsp3) is 0.412. The minimum atomic E-state index is 0.416. The first-order valence-corrected chi connectivity index (χ1v) is 8.07. The summed E-state index contributed by atoms with van der Waals surface area (Å²) >= 11 is 0. The summed E-state index contributed by atoms with van der Waals surface area (Å²) in [5.41, 5.74) is 3.09. The Balaban J connectivity index is 1.50. The summed E-state index contributed by atoms with van der Waals surface area (Å²) in [4.78, 5) is 4.50. The van der Waals surface area contributed by atoms with Gasteiger partial charge in [0, 0.05) is 5.92 Å². The normalized spacial score (nSPS) is 15.3. The molecule has 2 heterocycles. The highest BCUT2D eigenvalue weighted by Crippen LogP contribution is 2.33. The lowest BCUT2D eigenvalue weighted by Crippen LogP contribution is -2.00. The summed E-state index contributed by atoms with van der Waals surface area (Å²) < 4.78 is 7.20. The van der Waals surface area contributed by atoms with Crippen molar-refractivity contribution in [2.45, 2.75) is 45.1 Å². The van der Waals surface area contributed by atoms with Crippen LogP contribution in [-0.4, -0.2) is 25.1 Å². The van der Waals surface area contributed by atoms with Gasteiger partial charge in [-0.1, -0.05) is 53.0 Å². The summed E-state index contributed by atoms with van der Waals surface area (Å²) in [6, 6.07) is 8.40. The van der Waals surface area contributed by atoms with Crippen LogP contribution in [0.1, 0.15) is 48.6 Å². The molecule has 3 aromatic rings. The molecule has 1 fully saturated rings. The van der Waals surface area contributed by atoms with Crippen molar-refractivity contribution in [1.29, 1.82) is 0 Å². The molecule has 118 valence electrons. The van der Waals surface area contributed by atoms with Crippen LogP contribution in [0, 0.1) is 6.92 Å². The van der Waals surface area contributed by atoms with E-state index in [1.165, 1.54) is 24.0 Å². The number of rotatable bonds is 4. The van der Waals surface area contributed by atoms with Crippen molar-refractivity contribution in [1.82, 2.24) is 25.1 Å². The van der Waals surface area contributed by atoms with Gasteiger partial charge in [-0.05, 0) is 25.3 Å². The van der Waals surface area contributed by atoms with Gasteiger partial charge in [-0.25, -0.2) is 4.68 Å². The van der Waals surface area contributed by atoms with Gasteiger partial charge in [0.1, 0.15) is 0 Å². The second kappa shape index (κ2) is 5.95. The molecule has 1 aromatic carbocycles. The third-order valence-corrected chi connectivity index (χ3v) is 4.38. The molecule has 0 spiro atoms. The van der Waals surface area contributed by atoms with E-state index in [0.717, 1.165) is 18.7 Å². The second-order valence-corrected chi connectivity index (χ2v) is 6.22. The van der Waals surface area contributed by atoms with Gasteiger partial charge in [0.05, 0.1) is 12.7 Å². The number of aromatic nitrogens is 5. The van der Waals surface area contributed by atoms with Gasteiger partial charge >= 0.3 is 0 Å². The van der Waals surface area contributed by atoms with E-state index in [9.17, 15) is 0 Å². The van der Waals surface area contributed by atoms with E-state index in [2.05, 4.69) is 51.6 Å². The van der Waals surface area contributed by atoms with Gasteiger partial charge in [-0.15, -0.1) is 5.10 Å². The first kappa shape index (κ1) is 14.1.